The number of anilines is 1. The van der Waals surface area contributed by atoms with Gasteiger partial charge in [-0.15, -0.1) is 0 Å². The van der Waals surface area contributed by atoms with Gasteiger partial charge in [0.2, 0.25) is 0 Å². The van der Waals surface area contributed by atoms with Gasteiger partial charge in [0.15, 0.2) is 9.84 Å². The van der Waals surface area contributed by atoms with Crippen LogP contribution in [0.5, 0.6) is 0 Å². The molecule has 2 rings (SSSR count). The molecule has 1 aromatic rings. The van der Waals surface area contributed by atoms with E-state index in [1.54, 1.807) is 7.11 Å². The lowest BCUT2D eigenvalue weighted by Crippen LogP contribution is -2.40. The van der Waals surface area contributed by atoms with Crippen LogP contribution in [-0.4, -0.2) is 53.3 Å². The number of hydrogen-bond donors (Lipinski definition) is 1. The van der Waals surface area contributed by atoms with Gasteiger partial charge in [-0.2, -0.15) is 0 Å². The lowest BCUT2D eigenvalue weighted by molar-refractivity contribution is 0.199. The number of hydrogen-bond acceptors (Lipinski definition) is 5. The van der Waals surface area contributed by atoms with Gasteiger partial charge in [-0.05, 0) is 23.8 Å². The summed E-state index contributed by atoms with van der Waals surface area (Å²) in [4.78, 5) is 2.12. The maximum Gasteiger partial charge on any atom is 0.153 e. The molecule has 0 aliphatic carbocycles. The van der Waals surface area contributed by atoms with E-state index in [-0.39, 0.29) is 11.5 Å². The summed E-state index contributed by atoms with van der Waals surface area (Å²) < 4.78 is 28.1. The third-order valence-electron chi connectivity index (χ3n) is 3.53. The number of benzene rings is 1. The molecule has 1 N–H and O–H groups in total. The van der Waals surface area contributed by atoms with Crippen LogP contribution in [0.3, 0.4) is 0 Å². The lowest BCUT2D eigenvalue weighted by atomic mass is 10.1. The van der Waals surface area contributed by atoms with Crippen molar-refractivity contribution >= 4 is 27.1 Å². The minimum atomic E-state index is -2.87. The largest absolute Gasteiger partial charge is 0.383 e. The van der Waals surface area contributed by atoms with E-state index in [1.807, 2.05) is 18.2 Å². The van der Waals surface area contributed by atoms with E-state index in [0.717, 1.165) is 17.8 Å². The predicted octanol–water partition coefficient (Wildman–Crippen LogP) is 1.31. The Labute approximate surface area is 131 Å². The summed E-state index contributed by atoms with van der Waals surface area (Å²) in [5.74, 6) is 0.429. The van der Waals surface area contributed by atoms with Crippen LogP contribution < -0.4 is 10.2 Å². The molecule has 7 heteroatoms. The minimum absolute atomic E-state index is 0.214. The normalized spacial score (nSPS) is 17.9. The van der Waals surface area contributed by atoms with Crippen LogP contribution in [0.15, 0.2) is 18.2 Å². The smallest absolute Gasteiger partial charge is 0.153 e. The topological polar surface area (TPSA) is 58.6 Å². The highest BCUT2D eigenvalue weighted by Gasteiger charge is 2.23. The minimum Gasteiger partial charge on any atom is -0.383 e. The third kappa shape index (κ3) is 4.85. The molecule has 1 fully saturated rings. The van der Waals surface area contributed by atoms with Crippen LogP contribution >= 0.6 is 11.6 Å². The first-order chi connectivity index (χ1) is 10.0. The highest BCUT2D eigenvalue weighted by Crippen LogP contribution is 2.25. The fraction of sp³-hybridized carbons (Fsp3) is 0.571. The summed E-state index contributed by atoms with van der Waals surface area (Å²) in [5.41, 5.74) is 2.14. The first kappa shape index (κ1) is 16.5. The number of ether oxygens (including phenoxy) is 1. The highest BCUT2D eigenvalue weighted by atomic mass is 35.5. The Morgan fingerprint density at radius 3 is 2.71 bits per heavy atom. The zero-order chi connectivity index (χ0) is 15.3. The van der Waals surface area contributed by atoms with E-state index in [2.05, 4.69) is 10.2 Å². The monoisotopic (exact) mass is 332 g/mol. The van der Waals surface area contributed by atoms with Gasteiger partial charge in [0.1, 0.15) is 0 Å². The first-order valence-corrected chi connectivity index (χ1v) is 9.15. The maximum absolute atomic E-state index is 11.5. The SMILES string of the molecule is COCCNCc1cc(Cl)ccc1N1CCS(=O)(=O)CC1. The highest BCUT2D eigenvalue weighted by molar-refractivity contribution is 7.91. The van der Waals surface area contributed by atoms with Gasteiger partial charge < -0.3 is 15.0 Å². The average Bonchev–Trinajstić information content (AvgIpc) is 2.44. The Morgan fingerprint density at radius 1 is 1.33 bits per heavy atom. The molecule has 118 valence electrons. The van der Waals surface area contributed by atoms with Crippen molar-refractivity contribution in [1.82, 2.24) is 5.32 Å². The van der Waals surface area contributed by atoms with Gasteiger partial charge in [-0.25, -0.2) is 8.42 Å². The summed E-state index contributed by atoms with van der Waals surface area (Å²) in [6, 6.07) is 5.74. The van der Waals surface area contributed by atoms with Crippen LogP contribution in [0.2, 0.25) is 5.02 Å². The van der Waals surface area contributed by atoms with Crippen LogP contribution in [0, 0.1) is 0 Å². The van der Waals surface area contributed by atoms with Crippen molar-refractivity contribution in [2.75, 3.05) is 49.8 Å². The molecular formula is C14H21ClN2O3S. The van der Waals surface area contributed by atoms with Crippen molar-refractivity contribution < 1.29 is 13.2 Å². The summed E-state index contributed by atoms with van der Waals surface area (Å²) >= 11 is 6.07. The Bertz CT molecular complexity index is 564. The van der Waals surface area contributed by atoms with Crippen LogP contribution in [0.1, 0.15) is 5.56 Å². The number of nitrogens with zero attached hydrogens (tertiary/aromatic N) is 1. The average molecular weight is 333 g/mol. The zero-order valence-electron chi connectivity index (χ0n) is 12.1. The second-order valence-electron chi connectivity index (χ2n) is 5.08. The van der Waals surface area contributed by atoms with Gasteiger partial charge in [0, 0.05) is 44.0 Å². The second kappa shape index (κ2) is 7.45. The standard InChI is InChI=1S/C14H21ClN2O3S/c1-20-7-4-16-11-12-10-13(15)2-3-14(12)17-5-8-21(18,19)9-6-17/h2-3,10,16H,4-9,11H2,1H3. The van der Waals surface area contributed by atoms with E-state index < -0.39 is 9.84 Å². The number of halogens is 1. The van der Waals surface area contributed by atoms with Crippen LogP contribution in [0.4, 0.5) is 5.69 Å². The quantitative estimate of drug-likeness (QED) is 0.796. The van der Waals surface area contributed by atoms with E-state index >= 15 is 0 Å². The van der Waals surface area contributed by atoms with Crippen molar-refractivity contribution in [3.8, 4) is 0 Å². The Hall–Kier alpha value is -0.820. The Kier molecular flexibility index (Phi) is 5.87. The fourth-order valence-electron chi connectivity index (χ4n) is 2.35. The van der Waals surface area contributed by atoms with E-state index in [4.69, 9.17) is 16.3 Å². The molecule has 0 unspecified atom stereocenters. The fourth-order valence-corrected chi connectivity index (χ4v) is 3.75. The van der Waals surface area contributed by atoms with Crippen molar-refractivity contribution in [2.24, 2.45) is 0 Å². The van der Waals surface area contributed by atoms with Crippen LogP contribution in [0.25, 0.3) is 0 Å². The molecule has 0 bridgehead atoms. The third-order valence-corrected chi connectivity index (χ3v) is 5.37. The van der Waals surface area contributed by atoms with Crippen LogP contribution in [-0.2, 0) is 21.1 Å². The molecule has 0 radical (unpaired) electrons. The number of methoxy groups -OCH3 is 1. The molecular weight excluding hydrogens is 312 g/mol. The maximum atomic E-state index is 11.5. The summed E-state index contributed by atoms with van der Waals surface area (Å²) in [5, 5.41) is 3.98. The molecule has 1 saturated heterocycles. The van der Waals surface area contributed by atoms with Crippen molar-refractivity contribution in [3.05, 3.63) is 28.8 Å². The second-order valence-corrected chi connectivity index (χ2v) is 7.82. The van der Waals surface area contributed by atoms with Gasteiger partial charge >= 0.3 is 0 Å². The van der Waals surface area contributed by atoms with E-state index in [1.165, 1.54) is 0 Å². The molecule has 1 aliphatic rings. The molecule has 0 atom stereocenters. The molecule has 1 aromatic carbocycles. The van der Waals surface area contributed by atoms with Gasteiger partial charge in [-0.3, -0.25) is 0 Å². The summed E-state index contributed by atoms with van der Waals surface area (Å²) in [6.07, 6.45) is 0. The van der Waals surface area contributed by atoms with Gasteiger partial charge in [0.25, 0.3) is 0 Å². The number of sulfone groups is 1. The zero-order valence-corrected chi connectivity index (χ0v) is 13.7. The van der Waals surface area contributed by atoms with E-state index in [9.17, 15) is 8.42 Å². The predicted molar refractivity (Wildman–Crippen MR) is 85.9 cm³/mol. The van der Waals surface area contributed by atoms with Crippen molar-refractivity contribution in [2.45, 2.75) is 6.54 Å². The number of rotatable bonds is 6. The molecule has 0 spiro atoms. The van der Waals surface area contributed by atoms with Crippen molar-refractivity contribution in [1.29, 1.82) is 0 Å². The number of nitrogens with one attached hydrogen (secondary N) is 1. The molecule has 0 saturated carbocycles. The molecule has 0 amide bonds. The van der Waals surface area contributed by atoms with E-state index in [0.29, 0.717) is 31.3 Å². The molecule has 1 heterocycles. The summed E-state index contributed by atoms with van der Waals surface area (Å²) in [7, 11) is -1.20. The Morgan fingerprint density at radius 2 is 2.05 bits per heavy atom. The molecule has 5 nitrogen and oxygen atoms in total. The molecule has 21 heavy (non-hydrogen) atoms. The van der Waals surface area contributed by atoms with Crippen molar-refractivity contribution in [3.63, 3.8) is 0 Å². The molecule has 0 aromatic heterocycles. The Balaban J connectivity index is 2.08. The summed E-state index contributed by atoms with van der Waals surface area (Å²) in [6.45, 7) is 3.17. The molecule has 1 aliphatic heterocycles. The van der Waals surface area contributed by atoms with Gasteiger partial charge in [-0.1, -0.05) is 11.6 Å². The lowest BCUT2D eigenvalue weighted by Gasteiger charge is -2.30. The van der Waals surface area contributed by atoms with Gasteiger partial charge in [0.05, 0.1) is 18.1 Å². The first-order valence-electron chi connectivity index (χ1n) is 6.95.